The van der Waals surface area contributed by atoms with E-state index in [1.165, 1.54) is 0 Å². The number of nitrogens with two attached hydrogens (primary N) is 1. The Morgan fingerprint density at radius 3 is 2.50 bits per heavy atom. The van der Waals surface area contributed by atoms with Crippen LogP contribution in [-0.4, -0.2) is 52.4 Å². The van der Waals surface area contributed by atoms with Crippen LogP contribution in [0.4, 0.5) is 0 Å². The maximum Gasteiger partial charge on any atom is 0.209 e. The van der Waals surface area contributed by atoms with E-state index < -0.39 is 10.0 Å². The summed E-state index contributed by atoms with van der Waals surface area (Å²) >= 11 is 0. The minimum atomic E-state index is -3.29. The molecule has 1 fully saturated rings. The average Bonchev–Trinajstić information content (AvgIpc) is 2.19. The van der Waals surface area contributed by atoms with Crippen LogP contribution >= 0.6 is 0 Å². The lowest BCUT2D eigenvalue weighted by molar-refractivity contribution is 0.0997. The maximum absolute atomic E-state index is 10.8. The van der Waals surface area contributed by atoms with Crippen molar-refractivity contribution in [3.05, 3.63) is 0 Å². The summed E-state index contributed by atoms with van der Waals surface area (Å²) in [4.78, 5) is 2.30. The highest BCUT2D eigenvalue weighted by atomic mass is 32.2. The zero-order chi connectivity index (χ0) is 12.0. The van der Waals surface area contributed by atoms with Crippen molar-refractivity contribution < 1.29 is 13.2 Å². The normalized spacial score (nSPS) is 20.1. The molecule has 6 heteroatoms. The molecule has 1 rings (SSSR count). The van der Waals surface area contributed by atoms with Crippen LogP contribution in [0.3, 0.4) is 0 Å². The highest BCUT2D eigenvalue weighted by Gasteiger charge is 2.18. The van der Waals surface area contributed by atoms with Crippen LogP contribution in [0.25, 0.3) is 0 Å². The Morgan fingerprint density at radius 2 is 2.00 bits per heavy atom. The zero-order valence-corrected chi connectivity index (χ0v) is 10.7. The monoisotopic (exact) mass is 250 g/mol. The van der Waals surface area contributed by atoms with Gasteiger partial charge >= 0.3 is 0 Å². The number of primary sulfonamides is 1. The Morgan fingerprint density at radius 1 is 1.38 bits per heavy atom. The summed E-state index contributed by atoms with van der Waals surface area (Å²) in [5.74, 6) is 0.754. The van der Waals surface area contributed by atoms with Crippen molar-refractivity contribution in [1.82, 2.24) is 4.90 Å². The molecule has 1 saturated heterocycles. The molecule has 1 aliphatic heterocycles. The van der Waals surface area contributed by atoms with E-state index in [0.717, 1.165) is 39.1 Å². The van der Waals surface area contributed by atoms with Gasteiger partial charge in [0, 0.05) is 13.7 Å². The molecule has 16 heavy (non-hydrogen) atoms. The van der Waals surface area contributed by atoms with Crippen molar-refractivity contribution in [3.8, 4) is 0 Å². The summed E-state index contributed by atoms with van der Waals surface area (Å²) in [6.45, 7) is 3.75. The van der Waals surface area contributed by atoms with Crippen molar-refractivity contribution in [2.24, 2.45) is 11.1 Å². The van der Waals surface area contributed by atoms with Crippen molar-refractivity contribution in [2.75, 3.05) is 39.1 Å². The molecule has 0 aromatic heterocycles. The highest BCUT2D eigenvalue weighted by Crippen LogP contribution is 2.17. The van der Waals surface area contributed by atoms with E-state index in [1.807, 2.05) is 0 Å². The van der Waals surface area contributed by atoms with Crippen molar-refractivity contribution in [1.29, 1.82) is 0 Å². The number of methoxy groups -OCH3 is 1. The molecule has 0 atom stereocenters. The van der Waals surface area contributed by atoms with E-state index in [9.17, 15) is 8.42 Å². The van der Waals surface area contributed by atoms with E-state index in [-0.39, 0.29) is 5.75 Å². The fourth-order valence-electron chi connectivity index (χ4n) is 2.10. The van der Waals surface area contributed by atoms with Gasteiger partial charge in [0.2, 0.25) is 10.0 Å². The smallest absolute Gasteiger partial charge is 0.209 e. The van der Waals surface area contributed by atoms with E-state index in [1.54, 1.807) is 7.11 Å². The summed E-state index contributed by atoms with van der Waals surface area (Å²) in [6, 6.07) is 0. The minimum Gasteiger partial charge on any atom is -0.384 e. The lowest BCUT2D eigenvalue weighted by Gasteiger charge is -2.31. The first kappa shape index (κ1) is 13.9. The number of hydrogen-bond donors (Lipinski definition) is 1. The number of rotatable bonds is 6. The van der Waals surface area contributed by atoms with E-state index in [2.05, 4.69) is 4.90 Å². The number of hydrogen-bond acceptors (Lipinski definition) is 4. The summed E-state index contributed by atoms with van der Waals surface area (Å²) in [5.41, 5.74) is 0. The molecule has 0 aliphatic carbocycles. The van der Waals surface area contributed by atoms with E-state index in [0.29, 0.717) is 12.3 Å². The quantitative estimate of drug-likeness (QED) is 0.721. The van der Waals surface area contributed by atoms with Crippen molar-refractivity contribution in [3.63, 3.8) is 0 Å². The lowest BCUT2D eigenvalue weighted by atomic mass is 9.98. The molecule has 0 saturated carbocycles. The number of ether oxygens (including phenoxy) is 1. The first-order valence-electron chi connectivity index (χ1n) is 5.73. The minimum absolute atomic E-state index is 0.0883. The van der Waals surface area contributed by atoms with Gasteiger partial charge in [-0.3, -0.25) is 0 Å². The number of nitrogens with zero attached hydrogens (tertiary/aromatic N) is 1. The van der Waals surface area contributed by atoms with Crippen LogP contribution in [0.15, 0.2) is 0 Å². The molecule has 5 nitrogen and oxygen atoms in total. The summed E-state index contributed by atoms with van der Waals surface area (Å²) < 4.78 is 26.6. The van der Waals surface area contributed by atoms with Crippen LogP contribution in [-0.2, 0) is 14.8 Å². The van der Waals surface area contributed by atoms with Crippen LogP contribution in [0.5, 0.6) is 0 Å². The second-order valence-electron chi connectivity index (χ2n) is 4.46. The first-order chi connectivity index (χ1) is 7.51. The van der Waals surface area contributed by atoms with E-state index >= 15 is 0 Å². The van der Waals surface area contributed by atoms with Gasteiger partial charge in [0.05, 0.1) is 5.75 Å². The molecule has 1 aliphatic rings. The Labute approximate surface area is 98.0 Å². The Balaban J connectivity index is 2.13. The molecule has 0 bridgehead atoms. The third-order valence-corrected chi connectivity index (χ3v) is 3.87. The van der Waals surface area contributed by atoms with Gasteiger partial charge in [-0.2, -0.15) is 0 Å². The summed E-state index contributed by atoms with van der Waals surface area (Å²) in [5, 5.41) is 4.95. The largest absolute Gasteiger partial charge is 0.384 e. The van der Waals surface area contributed by atoms with Gasteiger partial charge in [-0.25, -0.2) is 13.6 Å². The molecular weight excluding hydrogens is 228 g/mol. The lowest BCUT2D eigenvalue weighted by Crippen LogP contribution is -2.36. The van der Waals surface area contributed by atoms with Gasteiger partial charge in [-0.05, 0) is 44.8 Å². The summed E-state index contributed by atoms with van der Waals surface area (Å²) in [7, 11) is -1.56. The van der Waals surface area contributed by atoms with Gasteiger partial charge in [0.15, 0.2) is 0 Å². The molecule has 96 valence electrons. The molecule has 1 heterocycles. The van der Waals surface area contributed by atoms with Crippen molar-refractivity contribution in [2.45, 2.75) is 19.3 Å². The predicted molar refractivity (Wildman–Crippen MR) is 63.6 cm³/mol. The Kier molecular flexibility index (Phi) is 5.68. The maximum atomic E-state index is 10.8. The zero-order valence-electron chi connectivity index (χ0n) is 9.89. The van der Waals surface area contributed by atoms with Crippen molar-refractivity contribution >= 4 is 10.0 Å². The molecule has 0 spiro atoms. The molecule has 2 N–H and O–H groups in total. The molecule has 0 aromatic rings. The Hall–Kier alpha value is -0.170. The second-order valence-corrected chi connectivity index (χ2v) is 6.19. The highest BCUT2D eigenvalue weighted by molar-refractivity contribution is 7.89. The topological polar surface area (TPSA) is 72.6 Å². The van der Waals surface area contributed by atoms with Crippen LogP contribution in [0.1, 0.15) is 19.3 Å². The third kappa shape index (κ3) is 5.79. The van der Waals surface area contributed by atoms with Crippen LogP contribution < -0.4 is 5.14 Å². The molecular formula is C10H22N2O3S. The second kappa shape index (κ2) is 6.54. The van der Waals surface area contributed by atoms with Gasteiger partial charge < -0.3 is 9.64 Å². The fraction of sp³-hybridized carbons (Fsp3) is 1.00. The first-order valence-corrected chi connectivity index (χ1v) is 7.44. The third-order valence-electron chi connectivity index (χ3n) is 3.01. The summed E-state index contributed by atoms with van der Waals surface area (Å²) in [6.07, 6.45) is 2.92. The molecule has 0 amide bonds. The fourth-order valence-corrected chi connectivity index (χ4v) is 2.63. The SMILES string of the molecule is COCC1CCN(CCCS(N)(=O)=O)CC1. The number of piperidine rings is 1. The number of sulfonamides is 1. The molecule has 0 radical (unpaired) electrons. The van der Waals surface area contributed by atoms with Gasteiger partial charge in [-0.15, -0.1) is 0 Å². The average molecular weight is 250 g/mol. The number of likely N-dealkylation sites (tertiary alicyclic amines) is 1. The standard InChI is InChI=1S/C10H22N2O3S/c1-15-9-10-3-6-12(7-4-10)5-2-8-16(11,13)14/h10H,2-9H2,1H3,(H2,11,13,14). The molecule has 0 aromatic carbocycles. The van der Waals surface area contributed by atoms with E-state index in [4.69, 9.17) is 9.88 Å². The van der Waals surface area contributed by atoms with Crippen LogP contribution in [0, 0.1) is 5.92 Å². The van der Waals surface area contributed by atoms with Gasteiger partial charge in [-0.1, -0.05) is 0 Å². The molecule has 0 unspecified atom stereocenters. The van der Waals surface area contributed by atoms with Gasteiger partial charge in [0.25, 0.3) is 0 Å². The van der Waals surface area contributed by atoms with Gasteiger partial charge in [0.1, 0.15) is 0 Å². The Bertz CT molecular complexity index is 284. The predicted octanol–water partition coefficient (Wildman–Crippen LogP) is 0.0234. The van der Waals surface area contributed by atoms with Crippen LogP contribution in [0.2, 0.25) is 0 Å².